The Morgan fingerprint density at radius 1 is 0.919 bits per heavy atom. The Morgan fingerprint density at radius 2 is 1.61 bits per heavy atom. The lowest BCUT2D eigenvalue weighted by molar-refractivity contribution is -0.274. The number of benzene rings is 2. The van der Waals surface area contributed by atoms with Gasteiger partial charge in [0, 0.05) is 55.5 Å². The van der Waals surface area contributed by atoms with Crippen molar-refractivity contribution in [3.63, 3.8) is 0 Å². The van der Waals surface area contributed by atoms with Gasteiger partial charge in [-0.05, 0) is 54.5 Å². The summed E-state index contributed by atoms with van der Waals surface area (Å²) in [7, 11) is 1.23. The van der Waals surface area contributed by atoms with E-state index >= 15 is 4.39 Å². The van der Waals surface area contributed by atoms with Gasteiger partial charge in [-0.25, -0.2) is 19.2 Å². The number of alkyl halides is 3. The van der Waals surface area contributed by atoms with E-state index in [1.165, 1.54) is 31.5 Å². The third-order valence-corrected chi connectivity index (χ3v) is 11.0. The maximum Gasteiger partial charge on any atom is 0.573 e. The molecule has 6 rings (SSSR count). The molecular weight excluding hydrogens is 813 g/mol. The molecule has 3 N–H and O–H groups in total. The van der Waals surface area contributed by atoms with Crippen LogP contribution in [0.25, 0.3) is 22.4 Å². The minimum Gasteiger partial charge on any atom is -0.453 e. The van der Waals surface area contributed by atoms with Crippen molar-refractivity contribution in [3.05, 3.63) is 78.1 Å². The van der Waals surface area contributed by atoms with Gasteiger partial charge in [-0.2, -0.15) is 0 Å². The number of alkyl carbamates (subject to hydrolysis) is 1. The smallest absolute Gasteiger partial charge is 0.453 e. The van der Waals surface area contributed by atoms with Gasteiger partial charge in [0.2, 0.25) is 11.8 Å². The number of hydrogen-bond acceptors (Lipinski definition) is 9. The highest BCUT2D eigenvalue weighted by atomic mass is 19.4. The molecule has 2 aliphatic heterocycles. The first-order chi connectivity index (χ1) is 29.1. The minimum absolute atomic E-state index is 0.0411. The highest BCUT2D eigenvalue weighted by Crippen LogP contribution is 2.40. The molecule has 14 nitrogen and oxygen atoms in total. The molecule has 62 heavy (non-hydrogen) atoms. The second-order valence-corrected chi connectivity index (χ2v) is 17.2. The molecule has 2 fully saturated rings. The van der Waals surface area contributed by atoms with E-state index < -0.39 is 53.1 Å². The molecular formula is C44H52F4N8O6. The first-order valence-electron chi connectivity index (χ1n) is 20.4. The number of imidazole rings is 1. The summed E-state index contributed by atoms with van der Waals surface area (Å²) >= 11 is 0. The van der Waals surface area contributed by atoms with Gasteiger partial charge in [0.1, 0.15) is 29.3 Å². The number of methoxy groups -OCH3 is 1. The van der Waals surface area contributed by atoms with Crippen LogP contribution in [0.1, 0.15) is 77.1 Å². The Kier molecular flexibility index (Phi) is 13.2. The molecule has 18 heteroatoms. The van der Waals surface area contributed by atoms with Crippen molar-refractivity contribution in [2.24, 2.45) is 17.3 Å². The number of piperazine rings is 1. The number of nitrogens with one attached hydrogen (secondary N) is 3. The molecule has 0 radical (unpaired) electrons. The van der Waals surface area contributed by atoms with E-state index in [2.05, 4.69) is 30.3 Å². The van der Waals surface area contributed by atoms with Gasteiger partial charge in [-0.1, -0.05) is 65.8 Å². The molecule has 332 valence electrons. The predicted molar refractivity (Wildman–Crippen MR) is 224 cm³/mol. The molecule has 2 aromatic carbocycles. The lowest BCUT2D eigenvalue weighted by atomic mass is 9.94. The van der Waals surface area contributed by atoms with Crippen LogP contribution >= 0.6 is 0 Å². The number of carbonyl (C=O) groups is 4. The summed E-state index contributed by atoms with van der Waals surface area (Å²) in [6, 6.07) is 9.71. The molecule has 0 bridgehead atoms. The maximum absolute atomic E-state index is 15.7. The summed E-state index contributed by atoms with van der Waals surface area (Å²) in [5, 5.41) is 4.97. The van der Waals surface area contributed by atoms with Crippen molar-refractivity contribution in [1.29, 1.82) is 0 Å². The Balaban J connectivity index is 1.17. The number of halogens is 4. The van der Waals surface area contributed by atoms with E-state index in [-0.39, 0.29) is 46.4 Å². The fourth-order valence-corrected chi connectivity index (χ4v) is 7.83. The van der Waals surface area contributed by atoms with Crippen molar-refractivity contribution >= 4 is 35.3 Å². The SMILES string of the molecule is COC(=O)N[C@H](C(=O)N1C[C@@H](C)C[C@H]1c1ncc(-c2ccc(-c3cc(F)c(NC(=O)c4ccc(N5CCN(C(=O)C(C)(C)C)C[C@H]5C)nc4)cc3OC(F)(F)F)cc2)[nH]1)C(C)C. The summed E-state index contributed by atoms with van der Waals surface area (Å²) < 4.78 is 65.8. The number of hydrogen-bond donors (Lipinski definition) is 3. The summed E-state index contributed by atoms with van der Waals surface area (Å²) in [5.74, 6) is -1.73. The molecule has 4 atom stereocenters. The predicted octanol–water partition coefficient (Wildman–Crippen LogP) is 7.80. The van der Waals surface area contributed by atoms with Crippen LogP contribution in [0.2, 0.25) is 0 Å². The standard InChI is InChI=1S/C44H52F4N8O6/c1-24(2)37(53-42(60)61-8)40(58)56-22-25(3)17-34(56)38-50-21-33(51-38)28-11-9-27(10-12-28)30-18-31(45)32(19-35(30)62-44(46,47)48)52-39(57)29-13-14-36(49-20-29)55-16-15-54(23-26(55)4)41(59)43(5,6)7/h9-14,18-21,24-26,34,37H,15-17,22-23H2,1-8H3,(H,50,51)(H,52,57)(H,53,60)/t25-,26+,34-,37-/m0/s1. The normalized spacial score (nSPS) is 18.7. The number of nitrogens with zero attached hydrogens (tertiary/aromatic N) is 5. The van der Waals surface area contributed by atoms with E-state index in [4.69, 9.17) is 4.74 Å². The minimum atomic E-state index is -5.14. The first-order valence-corrected chi connectivity index (χ1v) is 20.4. The van der Waals surface area contributed by atoms with Crippen LogP contribution in [0, 0.1) is 23.1 Å². The fourth-order valence-electron chi connectivity index (χ4n) is 7.83. The zero-order chi connectivity index (χ0) is 45.3. The number of ether oxygens (including phenoxy) is 2. The maximum atomic E-state index is 15.7. The third kappa shape index (κ3) is 10.3. The number of H-pyrrole nitrogens is 1. The lowest BCUT2D eigenvalue weighted by Crippen LogP contribution is -2.56. The summed E-state index contributed by atoms with van der Waals surface area (Å²) in [5.41, 5.74) is 0.151. The van der Waals surface area contributed by atoms with Crippen LogP contribution in [0.5, 0.6) is 5.75 Å². The number of aromatic nitrogens is 3. The Hall–Kier alpha value is -6.20. The number of amides is 4. The van der Waals surface area contributed by atoms with Gasteiger partial charge < -0.3 is 39.8 Å². The van der Waals surface area contributed by atoms with Crippen LogP contribution in [-0.2, 0) is 14.3 Å². The van der Waals surface area contributed by atoms with Crippen LogP contribution in [0.4, 0.5) is 33.9 Å². The monoisotopic (exact) mass is 864 g/mol. The quantitative estimate of drug-likeness (QED) is 0.135. The van der Waals surface area contributed by atoms with Gasteiger partial charge in [-0.15, -0.1) is 13.2 Å². The van der Waals surface area contributed by atoms with Gasteiger partial charge in [0.25, 0.3) is 5.91 Å². The Labute approximate surface area is 357 Å². The van der Waals surface area contributed by atoms with Crippen molar-refractivity contribution in [3.8, 4) is 28.1 Å². The molecule has 2 aromatic heterocycles. The van der Waals surface area contributed by atoms with E-state index in [0.717, 1.165) is 12.1 Å². The summed E-state index contributed by atoms with van der Waals surface area (Å²) in [6.45, 7) is 15.2. The van der Waals surface area contributed by atoms with Gasteiger partial charge in [0.05, 0.1) is 36.3 Å². The summed E-state index contributed by atoms with van der Waals surface area (Å²) in [4.78, 5) is 69.5. The molecule has 2 aliphatic rings. The molecule has 4 heterocycles. The van der Waals surface area contributed by atoms with E-state index in [1.807, 2.05) is 58.3 Å². The molecule has 0 aliphatic carbocycles. The second-order valence-electron chi connectivity index (χ2n) is 17.2. The number of pyridine rings is 1. The van der Waals surface area contributed by atoms with Crippen molar-refractivity contribution in [2.75, 3.05) is 43.5 Å². The highest BCUT2D eigenvalue weighted by molar-refractivity contribution is 6.04. The second kappa shape index (κ2) is 18.0. The van der Waals surface area contributed by atoms with Crippen LogP contribution in [0.3, 0.4) is 0 Å². The molecule has 0 spiro atoms. The summed E-state index contributed by atoms with van der Waals surface area (Å²) in [6.07, 6.45) is -2.35. The van der Waals surface area contributed by atoms with E-state index in [9.17, 15) is 32.3 Å². The number of aromatic amines is 1. The Morgan fingerprint density at radius 3 is 2.21 bits per heavy atom. The molecule has 2 saturated heterocycles. The van der Waals surface area contributed by atoms with Crippen molar-refractivity contribution in [2.45, 2.75) is 79.4 Å². The average Bonchev–Trinajstić information content (AvgIpc) is 3.86. The largest absolute Gasteiger partial charge is 0.573 e. The van der Waals surface area contributed by atoms with Gasteiger partial charge in [0.15, 0.2) is 0 Å². The Bertz CT molecular complexity index is 2280. The van der Waals surface area contributed by atoms with Crippen molar-refractivity contribution < 1.29 is 46.2 Å². The van der Waals surface area contributed by atoms with E-state index in [0.29, 0.717) is 55.5 Å². The average molecular weight is 865 g/mol. The van der Waals surface area contributed by atoms with Crippen LogP contribution in [0.15, 0.2) is 60.9 Å². The van der Waals surface area contributed by atoms with Crippen LogP contribution in [-0.4, -0.2) is 100 Å². The topological polar surface area (TPSA) is 162 Å². The third-order valence-electron chi connectivity index (χ3n) is 11.0. The molecule has 0 unspecified atom stereocenters. The fraction of sp³-hybridized carbons (Fsp3) is 0.455. The molecule has 4 amide bonds. The molecule has 0 saturated carbocycles. The number of likely N-dealkylation sites (tertiary alicyclic amines) is 1. The number of rotatable bonds is 10. The van der Waals surface area contributed by atoms with E-state index in [1.54, 1.807) is 29.3 Å². The number of anilines is 2. The van der Waals surface area contributed by atoms with Crippen molar-refractivity contribution in [1.82, 2.24) is 30.1 Å². The lowest BCUT2D eigenvalue weighted by Gasteiger charge is -2.42. The highest BCUT2D eigenvalue weighted by Gasteiger charge is 2.40. The zero-order valence-corrected chi connectivity index (χ0v) is 35.9. The first kappa shape index (κ1) is 45.3. The number of carbonyl (C=O) groups excluding carboxylic acids is 4. The molecule has 4 aromatic rings. The van der Waals surface area contributed by atoms with Gasteiger partial charge in [-0.3, -0.25) is 14.4 Å². The zero-order valence-electron chi connectivity index (χ0n) is 35.9. The van der Waals surface area contributed by atoms with Gasteiger partial charge >= 0.3 is 12.5 Å². The van der Waals surface area contributed by atoms with Crippen LogP contribution < -0.4 is 20.3 Å².